The van der Waals surface area contributed by atoms with Gasteiger partial charge >= 0.3 is 0 Å². The molecule has 2 aromatic heterocycles. The first-order chi connectivity index (χ1) is 18.9. The largest absolute Gasteiger partial charge is 0.491 e. The van der Waals surface area contributed by atoms with E-state index in [9.17, 15) is 9.59 Å². The highest BCUT2D eigenvalue weighted by Gasteiger charge is 2.37. The number of nitrogens with zero attached hydrogens (tertiary/aromatic N) is 5. The molecule has 6 rings (SSSR count). The molecule has 39 heavy (non-hydrogen) atoms. The van der Waals surface area contributed by atoms with Crippen molar-refractivity contribution in [2.45, 2.75) is 39.0 Å². The van der Waals surface area contributed by atoms with Crippen molar-refractivity contribution >= 4 is 11.8 Å². The Labute approximate surface area is 229 Å². The predicted molar refractivity (Wildman–Crippen MR) is 147 cm³/mol. The number of para-hydroxylation sites is 1. The van der Waals surface area contributed by atoms with Gasteiger partial charge in [-0.2, -0.15) is 5.10 Å². The van der Waals surface area contributed by atoms with E-state index >= 15 is 0 Å². The second kappa shape index (κ2) is 11.9. The molecule has 9 heteroatoms. The molecule has 5 heterocycles. The first-order valence-electron chi connectivity index (χ1n) is 13.8. The number of amides is 2. The standard InChI is InChI=1S/C30H37N5O4/c1-23-20-26(32-33(23)2)29(37)34-15-6-5-11-30(22-39-24-8-7-14-31-21-24)12-16-35(17-13-30)28(36)25-9-3-4-10-27(25)38-19-18-34/h3-4,7-10,14,20-21H,5-6,11-13,15-19,22H2,1-2H3. The number of pyridine rings is 1. The Bertz CT molecular complexity index is 1260. The van der Waals surface area contributed by atoms with Crippen LogP contribution in [0.1, 0.15) is 58.6 Å². The van der Waals surface area contributed by atoms with Gasteiger partial charge in [0.2, 0.25) is 0 Å². The van der Waals surface area contributed by atoms with Gasteiger partial charge in [0.05, 0.1) is 24.9 Å². The van der Waals surface area contributed by atoms with Crippen LogP contribution in [0.2, 0.25) is 0 Å². The average Bonchev–Trinajstić information content (AvgIpc) is 3.31. The van der Waals surface area contributed by atoms with E-state index in [0.717, 1.165) is 43.5 Å². The van der Waals surface area contributed by atoms with Crippen LogP contribution < -0.4 is 9.47 Å². The van der Waals surface area contributed by atoms with E-state index in [2.05, 4.69) is 10.1 Å². The minimum Gasteiger partial charge on any atom is -0.491 e. The zero-order chi connectivity index (χ0) is 27.2. The number of hydrogen-bond acceptors (Lipinski definition) is 6. The maximum Gasteiger partial charge on any atom is 0.274 e. The molecular formula is C30H37N5O4. The number of carbonyl (C=O) groups is 2. The maximum atomic E-state index is 13.5. The Kier molecular flexibility index (Phi) is 8.14. The Hall–Kier alpha value is -3.88. The number of carbonyl (C=O) groups excluding carboxylic acids is 2. The van der Waals surface area contributed by atoms with Gasteiger partial charge in [0.25, 0.3) is 11.8 Å². The molecule has 3 aliphatic rings. The van der Waals surface area contributed by atoms with E-state index in [1.165, 1.54) is 0 Å². The molecule has 2 bridgehead atoms. The van der Waals surface area contributed by atoms with Gasteiger partial charge in [-0.3, -0.25) is 19.3 Å². The first kappa shape index (κ1) is 26.7. The zero-order valence-electron chi connectivity index (χ0n) is 22.8. The van der Waals surface area contributed by atoms with Crippen LogP contribution in [0.3, 0.4) is 0 Å². The molecule has 9 nitrogen and oxygen atoms in total. The highest BCUT2D eigenvalue weighted by molar-refractivity contribution is 5.97. The summed E-state index contributed by atoms with van der Waals surface area (Å²) in [7, 11) is 1.84. The topological polar surface area (TPSA) is 89.8 Å². The normalized spacial score (nSPS) is 18.1. The second-order valence-electron chi connectivity index (χ2n) is 10.7. The molecule has 0 atom stereocenters. The van der Waals surface area contributed by atoms with Gasteiger partial charge in [-0.25, -0.2) is 0 Å². The molecule has 0 N–H and O–H groups in total. The molecule has 0 aliphatic carbocycles. The Morgan fingerprint density at radius 3 is 2.62 bits per heavy atom. The molecule has 3 aromatic rings. The number of aromatic nitrogens is 3. The summed E-state index contributed by atoms with van der Waals surface area (Å²) in [6, 6.07) is 13.0. The van der Waals surface area contributed by atoms with Crippen LogP contribution >= 0.6 is 0 Å². The molecule has 206 valence electrons. The van der Waals surface area contributed by atoms with Crippen LogP contribution in [0.4, 0.5) is 0 Å². The van der Waals surface area contributed by atoms with E-state index in [4.69, 9.17) is 9.47 Å². The van der Waals surface area contributed by atoms with E-state index in [-0.39, 0.29) is 17.2 Å². The molecule has 1 fully saturated rings. The monoisotopic (exact) mass is 531 g/mol. The molecule has 0 spiro atoms. The number of aryl methyl sites for hydroxylation is 2. The third kappa shape index (κ3) is 6.24. The smallest absolute Gasteiger partial charge is 0.274 e. The first-order valence-corrected chi connectivity index (χ1v) is 13.8. The molecule has 1 aromatic carbocycles. The van der Waals surface area contributed by atoms with Gasteiger partial charge in [-0.1, -0.05) is 18.6 Å². The number of piperidine rings is 1. The molecule has 3 aliphatic heterocycles. The van der Waals surface area contributed by atoms with E-state index in [1.807, 2.05) is 66.2 Å². The number of rotatable bonds is 4. The van der Waals surface area contributed by atoms with Gasteiger partial charge in [-0.15, -0.1) is 0 Å². The fourth-order valence-electron chi connectivity index (χ4n) is 5.47. The summed E-state index contributed by atoms with van der Waals surface area (Å²) < 4.78 is 14.0. The fourth-order valence-corrected chi connectivity index (χ4v) is 5.47. The number of fused-ring (bicyclic) bond motifs is 9. The van der Waals surface area contributed by atoms with Gasteiger partial charge in [0.1, 0.15) is 18.1 Å². The summed E-state index contributed by atoms with van der Waals surface area (Å²) in [5.41, 5.74) is 1.89. The van der Waals surface area contributed by atoms with Crippen LogP contribution in [0.5, 0.6) is 11.5 Å². The van der Waals surface area contributed by atoms with Crippen LogP contribution in [-0.4, -0.2) is 75.8 Å². The summed E-state index contributed by atoms with van der Waals surface area (Å²) in [5.74, 6) is 1.20. The van der Waals surface area contributed by atoms with E-state index in [1.54, 1.807) is 17.1 Å². The van der Waals surface area contributed by atoms with E-state index < -0.39 is 0 Å². The van der Waals surface area contributed by atoms with Crippen LogP contribution in [0.15, 0.2) is 54.9 Å². The van der Waals surface area contributed by atoms with Gasteiger partial charge in [-0.05, 0) is 62.9 Å². The lowest BCUT2D eigenvalue weighted by molar-refractivity contribution is 0.0358. The lowest BCUT2D eigenvalue weighted by Crippen LogP contribution is -2.45. The lowest BCUT2D eigenvalue weighted by atomic mass is 9.75. The molecule has 0 radical (unpaired) electrons. The number of ether oxygens (including phenoxy) is 2. The highest BCUT2D eigenvalue weighted by Crippen LogP contribution is 2.38. The Balaban J connectivity index is 1.37. The van der Waals surface area contributed by atoms with Gasteiger partial charge in [0.15, 0.2) is 5.69 Å². The molecular weight excluding hydrogens is 494 g/mol. The van der Waals surface area contributed by atoms with Crippen molar-refractivity contribution in [2.24, 2.45) is 12.5 Å². The Morgan fingerprint density at radius 1 is 1.05 bits per heavy atom. The van der Waals surface area contributed by atoms with Crippen molar-refractivity contribution in [3.63, 3.8) is 0 Å². The van der Waals surface area contributed by atoms with Crippen molar-refractivity contribution < 1.29 is 19.1 Å². The lowest BCUT2D eigenvalue weighted by Gasteiger charge is -2.42. The summed E-state index contributed by atoms with van der Waals surface area (Å²) in [4.78, 5) is 34.9. The minimum atomic E-state index is -0.0994. The predicted octanol–water partition coefficient (Wildman–Crippen LogP) is 4.13. The third-order valence-electron chi connectivity index (χ3n) is 8.03. The van der Waals surface area contributed by atoms with Crippen molar-refractivity contribution in [1.82, 2.24) is 24.6 Å². The van der Waals surface area contributed by atoms with Crippen molar-refractivity contribution in [1.29, 1.82) is 0 Å². The van der Waals surface area contributed by atoms with Crippen molar-refractivity contribution in [3.8, 4) is 11.5 Å². The van der Waals surface area contributed by atoms with Crippen LogP contribution in [-0.2, 0) is 7.05 Å². The molecule has 0 saturated carbocycles. The minimum absolute atomic E-state index is 0.0147. The number of hydrogen-bond donors (Lipinski definition) is 0. The summed E-state index contributed by atoms with van der Waals surface area (Å²) in [5, 5.41) is 4.41. The van der Waals surface area contributed by atoms with E-state index in [0.29, 0.717) is 56.4 Å². The third-order valence-corrected chi connectivity index (χ3v) is 8.03. The average molecular weight is 532 g/mol. The fraction of sp³-hybridized carbons (Fsp3) is 0.467. The number of benzene rings is 1. The summed E-state index contributed by atoms with van der Waals surface area (Å²) in [6.45, 7) is 5.19. The Morgan fingerprint density at radius 2 is 1.87 bits per heavy atom. The highest BCUT2D eigenvalue weighted by atomic mass is 16.5. The van der Waals surface area contributed by atoms with Crippen LogP contribution in [0.25, 0.3) is 0 Å². The van der Waals surface area contributed by atoms with Gasteiger partial charge < -0.3 is 19.3 Å². The maximum absolute atomic E-state index is 13.5. The van der Waals surface area contributed by atoms with Crippen molar-refractivity contribution in [3.05, 3.63) is 71.8 Å². The molecule has 1 saturated heterocycles. The second-order valence-corrected chi connectivity index (χ2v) is 10.7. The summed E-state index contributed by atoms with van der Waals surface area (Å²) in [6.07, 6.45) is 7.98. The van der Waals surface area contributed by atoms with Crippen LogP contribution in [0, 0.1) is 12.3 Å². The SMILES string of the molecule is Cc1cc(C(=O)N2CCCCC3(COc4cccnc4)CCN(CC3)C(=O)c3ccccc3OCC2)nn1C. The van der Waals surface area contributed by atoms with Gasteiger partial charge in [0, 0.05) is 44.0 Å². The molecule has 2 amide bonds. The summed E-state index contributed by atoms with van der Waals surface area (Å²) >= 11 is 0. The van der Waals surface area contributed by atoms with Crippen molar-refractivity contribution in [2.75, 3.05) is 39.4 Å². The molecule has 0 unspecified atom stereocenters. The zero-order valence-corrected chi connectivity index (χ0v) is 22.8. The quantitative estimate of drug-likeness (QED) is 0.503.